The highest BCUT2D eigenvalue weighted by molar-refractivity contribution is 6.58. The highest BCUT2D eigenvalue weighted by Crippen LogP contribution is 2.58. The van der Waals surface area contributed by atoms with Crippen molar-refractivity contribution in [2.75, 3.05) is 0 Å². The molecule has 0 fully saturated rings. The molecule has 0 saturated heterocycles. The van der Waals surface area contributed by atoms with Gasteiger partial charge in [-0.25, -0.2) is 0 Å². The van der Waals surface area contributed by atoms with Gasteiger partial charge >= 0.3 is 14.2 Å². The first-order valence-electron chi connectivity index (χ1n) is 6.84. The highest BCUT2D eigenvalue weighted by Gasteiger charge is 2.57. The third kappa shape index (κ3) is 1.99. The van der Waals surface area contributed by atoms with E-state index in [1.807, 2.05) is 0 Å². The summed E-state index contributed by atoms with van der Waals surface area (Å²) in [5.74, 6) is -3.18. The van der Waals surface area contributed by atoms with Crippen molar-refractivity contribution in [3.63, 3.8) is 0 Å². The van der Waals surface area contributed by atoms with Crippen LogP contribution in [0.2, 0.25) is 0 Å². The van der Waals surface area contributed by atoms with Gasteiger partial charge in [-0.15, -0.1) is 0 Å². The highest BCUT2D eigenvalue weighted by atomic mass is 19.3. The lowest BCUT2D eigenvalue weighted by atomic mass is 9.63. The molecular formula is C14H14B2F2O4. The lowest BCUT2D eigenvalue weighted by Crippen LogP contribution is -2.34. The smallest absolute Gasteiger partial charge is 0.423 e. The number of fused-ring (bicyclic) bond motifs is 3. The zero-order valence-electron chi connectivity index (χ0n) is 11.8. The molecule has 1 aromatic carbocycles. The molecule has 1 atom stereocenters. The lowest BCUT2D eigenvalue weighted by Gasteiger charge is -2.32. The van der Waals surface area contributed by atoms with Crippen LogP contribution in [0.4, 0.5) is 8.78 Å². The van der Waals surface area contributed by atoms with Gasteiger partial charge in [-0.1, -0.05) is 37.3 Å². The van der Waals surface area contributed by atoms with E-state index < -0.39 is 25.6 Å². The van der Waals surface area contributed by atoms with E-state index in [0.29, 0.717) is 0 Å². The first-order chi connectivity index (χ1) is 10.2. The third-order valence-electron chi connectivity index (χ3n) is 4.56. The monoisotopic (exact) mass is 306 g/mol. The van der Waals surface area contributed by atoms with Gasteiger partial charge < -0.3 is 20.1 Å². The van der Waals surface area contributed by atoms with Gasteiger partial charge in [0.05, 0.1) is 0 Å². The molecule has 2 aliphatic carbocycles. The number of hydrogen-bond donors (Lipinski definition) is 4. The van der Waals surface area contributed by atoms with E-state index in [1.54, 1.807) is 6.92 Å². The molecule has 1 aromatic rings. The van der Waals surface area contributed by atoms with E-state index in [4.69, 9.17) is 0 Å². The Morgan fingerprint density at radius 1 is 1.00 bits per heavy atom. The van der Waals surface area contributed by atoms with Crippen molar-refractivity contribution in [1.29, 1.82) is 0 Å². The quantitative estimate of drug-likeness (QED) is 0.580. The van der Waals surface area contributed by atoms with E-state index in [0.717, 1.165) is 0 Å². The Hall–Kier alpha value is -1.47. The first kappa shape index (κ1) is 15.4. The van der Waals surface area contributed by atoms with Crippen LogP contribution in [0.3, 0.4) is 0 Å². The summed E-state index contributed by atoms with van der Waals surface area (Å²) in [6.07, 6.45) is 2.57. The first-order valence-corrected chi connectivity index (χ1v) is 6.84. The maximum absolute atomic E-state index is 14.6. The Labute approximate surface area is 126 Å². The Bertz CT molecular complexity index is 700. The van der Waals surface area contributed by atoms with Gasteiger partial charge in [-0.05, 0) is 22.9 Å². The van der Waals surface area contributed by atoms with E-state index >= 15 is 0 Å². The molecule has 0 saturated carbocycles. The van der Waals surface area contributed by atoms with E-state index in [9.17, 15) is 28.9 Å². The van der Waals surface area contributed by atoms with Crippen LogP contribution in [0.15, 0.2) is 41.4 Å². The molecule has 4 nitrogen and oxygen atoms in total. The van der Waals surface area contributed by atoms with Crippen LogP contribution in [0, 0.1) is 0 Å². The van der Waals surface area contributed by atoms with Crippen molar-refractivity contribution in [2.24, 2.45) is 0 Å². The van der Waals surface area contributed by atoms with Crippen molar-refractivity contribution in [3.05, 3.63) is 52.5 Å². The Morgan fingerprint density at radius 2 is 1.68 bits per heavy atom. The number of benzene rings is 1. The van der Waals surface area contributed by atoms with E-state index in [-0.39, 0.29) is 34.1 Å². The second-order valence-electron chi connectivity index (χ2n) is 5.96. The van der Waals surface area contributed by atoms with Crippen molar-refractivity contribution < 1.29 is 28.9 Å². The molecule has 4 N–H and O–H groups in total. The molecule has 3 rings (SSSR count). The molecule has 1 unspecified atom stereocenters. The molecular weight excluding hydrogens is 292 g/mol. The predicted molar refractivity (Wildman–Crippen MR) is 78.5 cm³/mol. The summed E-state index contributed by atoms with van der Waals surface area (Å²) in [6, 6.07) is 3.80. The van der Waals surface area contributed by atoms with E-state index in [1.165, 1.54) is 30.4 Å². The van der Waals surface area contributed by atoms with Crippen molar-refractivity contribution in [1.82, 2.24) is 0 Å². The van der Waals surface area contributed by atoms with Crippen molar-refractivity contribution >= 4 is 19.7 Å². The number of allylic oxidation sites excluding steroid dienone is 4. The summed E-state index contributed by atoms with van der Waals surface area (Å²) in [5, 5.41) is 37.2. The maximum Gasteiger partial charge on any atom is 0.488 e. The molecule has 0 radical (unpaired) electrons. The maximum atomic E-state index is 14.6. The van der Waals surface area contributed by atoms with E-state index in [2.05, 4.69) is 0 Å². The summed E-state index contributed by atoms with van der Waals surface area (Å²) in [7, 11) is -3.46. The second-order valence-corrected chi connectivity index (χ2v) is 5.96. The zero-order chi connectivity index (χ0) is 16.3. The Morgan fingerprint density at radius 3 is 2.27 bits per heavy atom. The standard InChI is InChI=1S/C14H14B2F2O4/c1-13-7-9(16(21)22)3-5-12(13)14(17,18)10-4-2-8(15(19)20)6-11(10)13/h2-6,19-22H,7H2,1H3. The minimum Gasteiger partial charge on any atom is -0.423 e. The molecule has 22 heavy (non-hydrogen) atoms. The van der Waals surface area contributed by atoms with Gasteiger partial charge in [-0.3, -0.25) is 0 Å². The predicted octanol–water partition coefficient (Wildman–Crippen LogP) is -0.00200. The SMILES string of the molecule is CC12CC(B(O)O)=CC=C1C(F)(F)c1ccc(B(O)O)cc12. The summed E-state index contributed by atoms with van der Waals surface area (Å²) in [4.78, 5) is 0. The molecule has 114 valence electrons. The molecule has 0 bridgehead atoms. The molecule has 0 amide bonds. The third-order valence-corrected chi connectivity index (χ3v) is 4.56. The molecule has 0 spiro atoms. The van der Waals surface area contributed by atoms with Crippen LogP contribution in [0.25, 0.3) is 0 Å². The van der Waals surface area contributed by atoms with Crippen LogP contribution in [-0.4, -0.2) is 34.3 Å². The Balaban J connectivity index is 2.21. The fourth-order valence-electron chi connectivity index (χ4n) is 3.40. The number of rotatable bonds is 2. The van der Waals surface area contributed by atoms with Gasteiger partial charge in [0, 0.05) is 16.6 Å². The largest absolute Gasteiger partial charge is 0.488 e. The zero-order valence-corrected chi connectivity index (χ0v) is 11.8. The number of hydrogen-bond acceptors (Lipinski definition) is 4. The topological polar surface area (TPSA) is 80.9 Å². The van der Waals surface area contributed by atoms with Gasteiger partial charge in [0.1, 0.15) is 0 Å². The van der Waals surface area contributed by atoms with Crippen LogP contribution < -0.4 is 5.46 Å². The number of halogens is 2. The fourth-order valence-corrected chi connectivity index (χ4v) is 3.40. The van der Waals surface area contributed by atoms with Gasteiger partial charge in [0.15, 0.2) is 0 Å². The normalized spacial score (nSPS) is 25.0. The fraction of sp³-hybridized carbons (Fsp3) is 0.286. The van der Waals surface area contributed by atoms with Crippen LogP contribution in [-0.2, 0) is 11.3 Å². The van der Waals surface area contributed by atoms with Crippen molar-refractivity contribution in [2.45, 2.75) is 24.7 Å². The van der Waals surface area contributed by atoms with Gasteiger partial charge in [0.2, 0.25) is 0 Å². The summed E-state index contributed by atoms with van der Waals surface area (Å²) < 4.78 is 29.3. The Kier molecular flexibility index (Phi) is 3.34. The molecule has 0 heterocycles. The second kappa shape index (κ2) is 4.76. The summed E-state index contributed by atoms with van der Waals surface area (Å²) in [6.45, 7) is 1.60. The van der Waals surface area contributed by atoms with Crippen LogP contribution in [0.1, 0.15) is 24.5 Å². The molecule has 0 aromatic heterocycles. The van der Waals surface area contributed by atoms with Crippen LogP contribution >= 0.6 is 0 Å². The minimum atomic E-state index is -3.18. The molecule has 2 aliphatic rings. The van der Waals surface area contributed by atoms with Gasteiger partial charge in [-0.2, -0.15) is 8.78 Å². The number of alkyl halides is 2. The summed E-state index contributed by atoms with van der Waals surface area (Å²) in [5.41, 5.74) is -0.780. The molecule has 8 heteroatoms. The minimum absolute atomic E-state index is 0.0318. The average Bonchev–Trinajstić information content (AvgIpc) is 2.62. The average molecular weight is 306 g/mol. The molecule has 0 aliphatic heterocycles. The summed E-state index contributed by atoms with van der Waals surface area (Å²) >= 11 is 0. The van der Waals surface area contributed by atoms with Gasteiger partial charge in [0.25, 0.3) is 5.92 Å². The van der Waals surface area contributed by atoms with Crippen molar-refractivity contribution in [3.8, 4) is 0 Å². The van der Waals surface area contributed by atoms with Crippen LogP contribution in [0.5, 0.6) is 0 Å². The lowest BCUT2D eigenvalue weighted by molar-refractivity contribution is 0.0368.